The zero-order chi connectivity index (χ0) is 15.7. The highest BCUT2D eigenvalue weighted by atomic mass is 16.2. The number of amides is 4. The Hall–Kier alpha value is -2.37. The monoisotopic (exact) mass is 301 g/mol. The normalized spacial score (nSPS) is 20.5. The molecule has 0 saturated carbocycles. The van der Waals surface area contributed by atoms with Crippen LogP contribution in [-0.2, 0) is 22.4 Å². The minimum atomic E-state index is -0.592. The molecule has 22 heavy (non-hydrogen) atoms. The third-order valence-electron chi connectivity index (χ3n) is 4.48. The molecule has 0 bridgehead atoms. The summed E-state index contributed by atoms with van der Waals surface area (Å²) >= 11 is 0. The molecule has 1 atom stereocenters. The maximum absolute atomic E-state index is 12.3. The van der Waals surface area contributed by atoms with Gasteiger partial charge in [-0.25, -0.2) is 4.79 Å². The molecule has 1 heterocycles. The van der Waals surface area contributed by atoms with E-state index in [1.54, 1.807) is 4.90 Å². The van der Waals surface area contributed by atoms with E-state index in [0.29, 0.717) is 6.42 Å². The lowest BCUT2D eigenvalue weighted by Gasteiger charge is -2.24. The minimum Gasteiger partial charge on any atom is -0.342 e. The molecule has 2 N–H and O–H groups in total. The maximum Gasteiger partial charge on any atom is 0.322 e. The molecular weight excluding hydrogens is 282 g/mol. The molecule has 6 heteroatoms. The lowest BCUT2D eigenvalue weighted by Crippen LogP contribution is -2.39. The minimum absolute atomic E-state index is 0.00625. The molecule has 1 fully saturated rings. The molecular formula is C16H19N3O3. The summed E-state index contributed by atoms with van der Waals surface area (Å²) in [6, 6.07) is 7.34. The third kappa shape index (κ3) is 2.81. The number of likely N-dealkylation sites (N-methyl/N-ethyl adjacent to an activating group) is 1. The number of rotatable bonds is 4. The molecule has 0 aromatic heterocycles. The van der Waals surface area contributed by atoms with Gasteiger partial charge in [-0.2, -0.15) is 0 Å². The van der Waals surface area contributed by atoms with E-state index in [4.69, 9.17) is 0 Å². The highest BCUT2D eigenvalue weighted by Crippen LogP contribution is 2.25. The molecule has 4 amide bonds. The molecule has 1 unspecified atom stereocenters. The summed E-state index contributed by atoms with van der Waals surface area (Å²) in [5.74, 6) is -0.347. The van der Waals surface area contributed by atoms with Crippen molar-refractivity contribution in [3.8, 4) is 0 Å². The quantitative estimate of drug-likeness (QED) is 0.799. The molecule has 0 radical (unpaired) electrons. The Labute approximate surface area is 128 Å². The number of benzene rings is 1. The van der Waals surface area contributed by atoms with E-state index in [2.05, 4.69) is 22.8 Å². The second-order valence-corrected chi connectivity index (χ2v) is 5.89. The summed E-state index contributed by atoms with van der Waals surface area (Å²) in [6.07, 6.45) is 2.33. The van der Waals surface area contributed by atoms with Crippen LogP contribution in [0.25, 0.3) is 0 Å². The number of nitrogens with one attached hydrogen (secondary N) is 2. The van der Waals surface area contributed by atoms with Crippen LogP contribution in [0, 0.1) is 0 Å². The van der Waals surface area contributed by atoms with Gasteiger partial charge in [0, 0.05) is 19.5 Å². The Bertz CT molecular complexity index is 604. The van der Waals surface area contributed by atoms with Gasteiger partial charge in [-0.15, -0.1) is 0 Å². The van der Waals surface area contributed by atoms with E-state index in [1.807, 2.05) is 19.2 Å². The predicted octanol–water partition coefficient (Wildman–Crippen LogP) is 0.600. The van der Waals surface area contributed by atoms with Gasteiger partial charge in [0.2, 0.25) is 5.91 Å². The Morgan fingerprint density at radius 1 is 1.23 bits per heavy atom. The topological polar surface area (TPSA) is 78.5 Å². The third-order valence-corrected chi connectivity index (χ3v) is 4.48. The van der Waals surface area contributed by atoms with E-state index in [-0.39, 0.29) is 24.3 Å². The fourth-order valence-electron chi connectivity index (χ4n) is 3.12. The van der Waals surface area contributed by atoms with Crippen LogP contribution in [0.4, 0.5) is 4.79 Å². The zero-order valence-electron chi connectivity index (χ0n) is 12.5. The van der Waals surface area contributed by atoms with E-state index in [9.17, 15) is 14.4 Å². The first-order valence-corrected chi connectivity index (χ1v) is 7.48. The first-order valence-electron chi connectivity index (χ1n) is 7.48. The molecule has 1 aliphatic carbocycles. The van der Waals surface area contributed by atoms with Gasteiger partial charge in [-0.3, -0.25) is 14.9 Å². The van der Waals surface area contributed by atoms with Gasteiger partial charge >= 0.3 is 6.03 Å². The number of urea groups is 1. The average molecular weight is 301 g/mol. The average Bonchev–Trinajstić information content (AvgIpc) is 3.06. The number of carbonyl (C=O) groups excluding carboxylic acids is 3. The van der Waals surface area contributed by atoms with Gasteiger partial charge in [0.05, 0.1) is 0 Å². The summed E-state index contributed by atoms with van der Waals surface area (Å²) in [6.45, 7) is 0. The van der Waals surface area contributed by atoms with Gasteiger partial charge in [0.25, 0.3) is 5.91 Å². The Kier molecular flexibility index (Phi) is 3.83. The number of hydrogen-bond donors (Lipinski definition) is 2. The largest absolute Gasteiger partial charge is 0.342 e. The lowest BCUT2D eigenvalue weighted by molar-refractivity contribution is -0.132. The van der Waals surface area contributed by atoms with E-state index >= 15 is 0 Å². The zero-order valence-corrected chi connectivity index (χ0v) is 12.5. The molecule has 1 saturated heterocycles. The van der Waals surface area contributed by atoms with Crippen molar-refractivity contribution in [2.75, 3.05) is 7.05 Å². The van der Waals surface area contributed by atoms with Crippen LogP contribution in [0.5, 0.6) is 0 Å². The molecule has 1 aromatic rings. The summed E-state index contributed by atoms with van der Waals surface area (Å²) in [5.41, 5.74) is 2.60. The molecule has 0 spiro atoms. The summed E-state index contributed by atoms with van der Waals surface area (Å²) in [7, 11) is 1.81. The van der Waals surface area contributed by atoms with Gasteiger partial charge in [0.1, 0.15) is 6.04 Å². The van der Waals surface area contributed by atoms with Crippen molar-refractivity contribution in [1.82, 2.24) is 15.5 Å². The van der Waals surface area contributed by atoms with Gasteiger partial charge in [-0.1, -0.05) is 24.3 Å². The van der Waals surface area contributed by atoms with Crippen LogP contribution in [-0.4, -0.2) is 41.9 Å². The first kappa shape index (κ1) is 14.6. The van der Waals surface area contributed by atoms with Crippen molar-refractivity contribution in [3.05, 3.63) is 35.4 Å². The number of hydrogen-bond acceptors (Lipinski definition) is 3. The number of imide groups is 1. The predicted molar refractivity (Wildman–Crippen MR) is 80.1 cm³/mol. The number of carbonyl (C=O) groups is 3. The summed E-state index contributed by atoms with van der Waals surface area (Å²) in [4.78, 5) is 36.6. The van der Waals surface area contributed by atoms with Crippen LogP contribution in [0.3, 0.4) is 0 Å². The van der Waals surface area contributed by atoms with Crippen LogP contribution in [0.2, 0.25) is 0 Å². The fourth-order valence-corrected chi connectivity index (χ4v) is 3.12. The highest BCUT2D eigenvalue weighted by Gasteiger charge is 2.31. The molecule has 6 nitrogen and oxygen atoms in total. The molecule has 116 valence electrons. The van der Waals surface area contributed by atoms with Crippen molar-refractivity contribution in [2.24, 2.45) is 0 Å². The van der Waals surface area contributed by atoms with Crippen LogP contribution < -0.4 is 10.6 Å². The second kappa shape index (κ2) is 5.79. The van der Waals surface area contributed by atoms with Crippen LogP contribution in [0.15, 0.2) is 24.3 Å². The smallest absolute Gasteiger partial charge is 0.322 e. The van der Waals surface area contributed by atoms with Gasteiger partial charge in [-0.05, 0) is 30.4 Å². The van der Waals surface area contributed by atoms with Crippen molar-refractivity contribution in [2.45, 2.75) is 37.8 Å². The summed E-state index contributed by atoms with van der Waals surface area (Å²) in [5, 5.41) is 4.68. The second-order valence-electron chi connectivity index (χ2n) is 5.89. The Balaban J connectivity index is 1.53. The lowest BCUT2D eigenvalue weighted by atomic mass is 10.1. The van der Waals surface area contributed by atoms with E-state index in [0.717, 1.165) is 12.8 Å². The maximum atomic E-state index is 12.3. The molecule has 1 aromatic carbocycles. The van der Waals surface area contributed by atoms with Crippen molar-refractivity contribution in [1.29, 1.82) is 0 Å². The van der Waals surface area contributed by atoms with Gasteiger partial charge in [0.15, 0.2) is 0 Å². The molecule has 2 aliphatic rings. The van der Waals surface area contributed by atoms with Crippen LogP contribution in [0.1, 0.15) is 24.0 Å². The van der Waals surface area contributed by atoms with Crippen molar-refractivity contribution in [3.63, 3.8) is 0 Å². The van der Waals surface area contributed by atoms with E-state index < -0.39 is 12.1 Å². The fraction of sp³-hybridized carbons (Fsp3) is 0.438. The molecule has 1 aliphatic heterocycles. The first-order chi connectivity index (χ1) is 10.5. The summed E-state index contributed by atoms with van der Waals surface area (Å²) < 4.78 is 0. The van der Waals surface area contributed by atoms with E-state index in [1.165, 1.54) is 11.1 Å². The van der Waals surface area contributed by atoms with Gasteiger partial charge < -0.3 is 10.2 Å². The highest BCUT2D eigenvalue weighted by molar-refractivity contribution is 6.04. The SMILES string of the molecule is CN(C(=O)CCC1NC(=O)NC1=O)C1Cc2ccccc2C1. The van der Waals surface area contributed by atoms with Crippen molar-refractivity contribution >= 4 is 17.8 Å². The van der Waals surface area contributed by atoms with Crippen LogP contribution >= 0.6 is 0 Å². The van der Waals surface area contributed by atoms with Crippen molar-refractivity contribution < 1.29 is 14.4 Å². The number of fused-ring (bicyclic) bond motifs is 1. The Morgan fingerprint density at radius 2 is 1.86 bits per heavy atom. The Morgan fingerprint density at radius 3 is 2.41 bits per heavy atom. The number of nitrogens with zero attached hydrogens (tertiary/aromatic N) is 1. The molecule has 3 rings (SSSR count). The standard InChI is InChI=1S/C16H19N3O3/c1-19(12-8-10-4-2-3-5-11(10)9-12)14(20)7-6-13-15(21)18-16(22)17-13/h2-5,12-13H,6-9H2,1H3,(H2,17,18,21,22).